The van der Waals surface area contributed by atoms with Gasteiger partial charge in [0, 0.05) is 5.02 Å². The predicted molar refractivity (Wildman–Crippen MR) is 263 cm³/mol. The highest BCUT2D eigenvalue weighted by Crippen LogP contribution is 2.15. The Hall–Kier alpha value is -6.09. The molecule has 0 saturated carbocycles. The van der Waals surface area contributed by atoms with Crippen molar-refractivity contribution in [1.29, 1.82) is 0 Å². The van der Waals surface area contributed by atoms with Gasteiger partial charge in [-0.05, 0) is 122 Å². The summed E-state index contributed by atoms with van der Waals surface area (Å²) in [5, 5.41) is 12.2. The first kappa shape index (κ1) is 50.1. The second kappa shape index (κ2) is 28.4. The maximum atomic E-state index is 8.76. The van der Waals surface area contributed by atoms with Gasteiger partial charge in [0.1, 0.15) is 11.5 Å². The Morgan fingerprint density at radius 2 is 0.683 bits per heavy atom. The number of halogens is 1. The molecule has 60 heavy (non-hydrogen) atoms. The van der Waals surface area contributed by atoms with Gasteiger partial charge in [-0.15, -0.1) is 0 Å². The van der Waals surface area contributed by atoms with Gasteiger partial charge in [-0.3, -0.25) is 0 Å². The van der Waals surface area contributed by atoms with Crippen LogP contribution >= 0.6 is 11.6 Å². The summed E-state index contributed by atoms with van der Waals surface area (Å²) < 4.78 is 4.97. The molecule has 8 rings (SSSR count). The molecule has 0 aromatic heterocycles. The van der Waals surface area contributed by atoms with Crippen LogP contribution in [0.3, 0.4) is 0 Å². The van der Waals surface area contributed by atoms with Gasteiger partial charge in [0.2, 0.25) is 0 Å². The maximum absolute atomic E-state index is 8.76. The third-order valence-corrected chi connectivity index (χ3v) is 8.94. The fraction of sp³-hybridized carbons (Fsp3) is 0.193. The number of aryl methyl sites for hydroxylation is 10. The average Bonchev–Trinajstić information content (AvgIpc) is 3.21. The number of fused-ring (bicyclic) bond motifs is 1. The summed E-state index contributed by atoms with van der Waals surface area (Å²) in [6.45, 7) is 20.8. The highest BCUT2D eigenvalue weighted by Gasteiger charge is 1.90. The van der Waals surface area contributed by atoms with Crippen LogP contribution < -0.4 is 4.74 Å². The molecular weight excluding hydrogens is 752 g/mol. The molecule has 0 radical (unpaired) electrons. The molecule has 0 atom stereocenters. The summed E-state index contributed by atoms with van der Waals surface area (Å²) in [5.74, 6) is 1.25. The van der Waals surface area contributed by atoms with E-state index < -0.39 is 0 Å². The monoisotopic (exact) mass is 816 g/mol. The highest BCUT2D eigenvalue weighted by molar-refractivity contribution is 6.30. The Kier molecular flexibility index (Phi) is 23.7. The van der Waals surface area contributed by atoms with Gasteiger partial charge in [-0.25, -0.2) is 0 Å². The van der Waals surface area contributed by atoms with Crippen molar-refractivity contribution in [2.75, 3.05) is 7.11 Å². The molecule has 0 spiro atoms. The number of phenols is 1. The van der Waals surface area contributed by atoms with Gasteiger partial charge in [0.25, 0.3) is 0 Å². The smallest absolute Gasteiger partial charge is 0.118 e. The Balaban J connectivity index is 0.000000242. The number of benzene rings is 8. The first-order valence-electron chi connectivity index (χ1n) is 20.3. The topological polar surface area (TPSA) is 29.5 Å². The van der Waals surface area contributed by atoms with Gasteiger partial charge in [0.05, 0.1) is 7.11 Å². The third-order valence-electron chi connectivity index (χ3n) is 8.70. The number of phenolic OH excluding ortho intramolecular Hbond substituents is 1. The second-order valence-corrected chi connectivity index (χ2v) is 15.4. The van der Waals surface area contributed by atoms with Crippen molar-refractivity contribution in [2.24, 2.45) is 0 Å². The summed E-state index contributed by atoms with van der Waals surface area (Å²) >= 11 is 5.64. The van der Waals surface area contributed by atoms with E-state index in [1.807, 2.05) is 92.7 Å². The first-order chi connectivity index (χ1) is 28.6. The number of aromatic hydroxyl groups is 1. The van der Waals surface area contributed by atoms with E-state index in [1.54, 1.807) is 19.2 Å². The van der Waals surface area contributed by atoms with Gasteiger partial charge >= 0.3 is 0 Å². The summed E-state index contributed by atoms with van der Waals surface area (Å²) in [4.78, 5) is 0. The van der Waals surface area contributed by atoms with Crippen LogP contribution in [-0.4, -0.2) is 12.2 Å². The van der Waals surface area contributed by atoms with Crippen LogP contribution in [0.5, 0.6) is 11.5 Å². The SMILES string of the molecule is COc1ccc(C)cc1.Cc1cc(C)cc(C)c1.Cc1ccc(C)cc1.Cc1ccc(O)cc1.Cc1ccc2ccccc2c1.Cc1cccc(Cl)c1.Cc1ccccc1. The van der Waals surface area contributed by atoms with Gasteiger partial charge < -0.3 is 9.84 Å². The molecule has 1 N–H and O–H groups in total. The van der Waals surface area contributed by atoms with E-state index in [2.05, 4.69) is 152 Å². The molecular formula is C57H65ClO2. The molecule has 0 heterocycles. The van der Waals surface area contributed by atoms with Crippen LogP contribution in [0.1, 0.15) is 55.6 Å². The lowest BCUT2D eigenvalue weighted by atomic mass is 10.1. The molecule has 0 aliphatic rings. The second-order valence-electron chi connectivity index (χ2n) is 15.0. The standard InChI is InChI=1S/C11H10.C9H12.C8H10O.C8H10.C7H7Cl.C7H8O.C7H8/c1-9-6-7-10-4-2-3-5-11(10)8-9;1-7-4-8(2)6-9(3)5-7;1-7-3-5-8(9-2)6-4-7;1-7-3-5-8(2)6-4-7;1-6-3-2-4-7(8)5-6;1-6-2-4-7(8)5-3-6;1-7-5-3-2-4-6-7/h2-8H,1H3;4-6H,1-3H3;3-6H,1-2H3;3-6H,1-2H3;2-5H,1H3;2-5,8H,1H3;2-6H,1H3. The average molecular weight is 818 g/mol. The van der Waals surface area contributed by atoms with E-state index in [4.69, 9.17) is 21.4 Å². The van der Waals surface area contributed by atoms with Crippen LogP contribution in [-0.2, 0) is 0 Å². The number of hydrogen-bond donors (Lipinski definition) is 1. The van der Waals surface area contributed by atoms with E-state index in [0.29, 0.717) is 5.75 Å². The van der Waals surface area contributed by atoms with Crippen LogP contribution in [0, 0.1) is 69.2 Å². The van der Waals surface area contributed by atoms with Crippen molar-refractivity contribution < 1.29 is 9.84 Å². The predicted octanol–water partition coefficient (Wildman–Crippen LogP) is 16.4. The van der Waals surface area contributed by atoms with Crippen molar-refractivity contribution >= 4 is 22.4 Å². The zero-order chi connectivity index (χ0) is 44.3. The molecule has 0 aliphatic heterocycles. The summed E-state index contributed by atoms with van der Waals surface area (Å²) in [7, 11) is 1.67. The minimum Gasteiger partial charge on any atom is -0.508 e. The van der Waals surface area contributed by atoms with E-state index in [9.17, 15) is 0 Å². The largest absolute Gasteiger partial charge is 0.508 e. The minimum atomic E-state index is 0.329. The number of hydrogen-bond acceptors (Lipinski definition) is 2. The van der Waals surface area contributed by atoms with Crippen LogP contribution in [0.4, 0.5) is 0 Å². The molecule has 0 bridgehead atoms. The number of methoxy groups -OCH3 is 1. The molecule has 8 aromatic rings. The summed E-state index contributed by atoms with van der Waals surface area (Å²) in [6, 6.07) is 63.0. The van der Waals surface area contributed by atoms with E-state index in [-0.39, 0.29) is 0 Å². The lowest BCUT2D eigenvalue weighted by Gasteiger charge is -1.97. The fourth-order valence-electron chi connectivity index (χ4n) is 5.51. The van der Waals surface area contributed by atoms with Crippen molar-refractivity contribution in [3.8, 4) is 11.5 Å². The van der Waals surface area contributed by atoms with Crippen LogP contribution in [0.15, 0.2) is 188 Å². The summed E-state index contributed by atoms with van der Waals surface area (Å²) in [6.07, 6.45) is 0. The Morgan fingerprint density at radius 1 is 0.317 bits per heavy atom. The quantitative estimate of drug-likeness (QED) is 0.179. The van der Waals surface area contributed by atoms with Crippen molar-refractivity contribution in [3.63, 3.8) is 0 Å². The zero-order valence-corrected chi connectivity index (χ0v) is 38.4. The molecule has 0 saturated heterocycles. The van der Waals surface area contributed by atoms with Crippen LogP contribution in [0.2, 0.25) is 5.02 Å². The maximum Gasteiger partial charge on any atom is 0.118 e. The molecule has 3 heteroatoms. The molecule has 0 unspecified atom stereocenters. The van der Waals surface area contributed by atoms with E-state index in [0.717, 1.165) is 10.8 Å². The fourth-order valence-corrected chi connectivity index (χ4v) is 5.75. The molecule has 0 aliphatic carbocycles. The lowest BCUT2D eigenvalue weighted by molar-refractivity contribution is 0.414. The highest BCUT2D eigenvalue weighted by atomic mass is 35.5. The van der Waals surface area contributed by atoms with E-state index in [1.165, 1.54) is 66.4 Å². The lowest BCUT2D eigenvalue weighted by Crippen LogP contribution is -1.80. The van der Waals surface area contributed by atoms with Crippen LogP contribution in [0.25, 0.3) is 10.8 Å². The van der Waals surface area contributed by atoms with Gasteiger partial charge in [-0.1, -0.05) is 213 Å². The van der Waals surface area contributed by atoms with E-state index >= 15 is 0 Å². The molecule has 8 aromatic carbocycles. The molecule has 0 fully saturated rings. The van der Waals surface area contributed by atoms with Crippen molar-refractivity contribution in [3.05, 3.63) is 249 Å². The molecule has 0 amide bonds. The zero-order valence-electron chi connectivity index (χ0n) is 37.6. The molecule has 312 valence electrons. The third kappa shape index (κ3) is 23.3. The Morgan fingerprint density at radius 3 is 1.07 bits per heavy atom. The minimum absolute atomic E-state index is 0.329. The van der Waals surface area contributed by atoms with Crippen molar-refractivity contribution in [2.45, 2.75) is 69.2 Å². The normalized spacial score (nSPS) is 9.40. The number of rotatable bonds is 1. The van der Waals surface area contributed by atoms with Gasteiger partial charge in [-0.2, -0.15) is 0 Å². The van der Waals surface area contributed by atoms with Gasteiger partial charge in [0.15, 0.2) is 0 Å². The Labute approximate surface area is 367 Å². The Bertz CT molecular complexity index is 2190. The number of ether oxygens (including phenoxy) is 1. The van der Waals surface area contributed by atoms with Crippen molar-refractivity contribution in [1.82, 2.24) is 0 Å². The summed E-state index contributed by atoms with van der Waals surface area (Å²) in [5.41, 5.74) is 13.0. The first-order valence-corrected chi connectivity index (χ1v) is 20.6. The molecule has 2 nitrogen and oxygen atoms in total.